The zero-order valence-corrected chi connectivity index (χ0v) is 5.11. The Labute approximate surface area is 57.1 Å². The first-order valence-corrected chi connectivity index (χ1v) is 2.76. The van der Waals surface area contributed by atoms with E-state index in [2.05, 4.69) is 4.74 Å². The van der Waals surface area contributed by atoms with Crippen molar-refractivity contribution in [3.63, 3.8) is 0 Å². The predicted molar refractivity (Wildman–Crippen MR) is 31.5 cm³/mol. The largest absolute Gasteiger partial charge is 0.479 e. The Bertz CT molecular complexity index is 194. The second-order valence-electron chi connectivity index (χ2n) is 1.86. The molecule has 0 spiro atoms. The van der Waals surface area contributed by atoms with E-state index in [0.29, 0.717) is 0 Å². The number of carbonyl (C=O) groups is 2. The van der Waals surface area contributed by atoms with Gasteiger partial charge in [-0.3, -0.25) is 4.79 Å². The smallest absolute Gasteiger partial charge is 0.341 e. The van der Waals surface area contributed by atoms with Gasteiger partial charge in [0.05, 0.1) is 6.61 Å². The molecule has 0 aromatic carbocycles. The summed E-state index contributed by atoms with van der Waals surface area (Å²) in [6.45, 7) is 0.197. The van der Waals surface area contributed by atoms with Crippen LogP contribution in [0.25, 0.3) is 0 Å². The summed E-state index contributed by atoms with van der Waals surface area (Å²) in [6, 6.07) is 0. The van der Waals surface area contributed by atoms with Gasteiger partial charge in [0.2, 0.25) is 6.10 Å². The van der Waals surface area contributed by atoms with Gasteiger partial charge in [0.1, 0.15) is 0 Å². The average Bonchev–Trinajstić information content (AvgIpc) is 1.88. The number of rotatable bonds is 1. The molecule has 1 unspecified atom stereocenters. The minimum atomic E-state index is -1.29. The van der Waals surface area contributed by atoms with Crippen molar-refractivity contribution < 1.29 is 19.4 Å². The second kappa shape index (κ2) is 2.62. The standard InChI is InChI=1S/C6H6O4/c7-4-2-1-3-10-5(4)6(8)9/h1-2,5H,3H2,(H,8,9). The molecule has 1 N–H and O–H groups in total. The van der Waals surface area contributed by atoms with Gasteiger partial charge < -0.3 is 9.84 Å². The fraction of sp³-hybridized carbons (Fsp3) is 0.333. The van der Waals surface area contributed by atoms with Gasteiger partial charge in [0, 0.05) is 0 Å². The molecule has 0 saturated carbocycles. The molecule has 10 heavy (non-hydrogen) atoms. The summed E-state index contributed by atoms with van der Waals surface area (Å²) < 4.78 is 4.62. The molecule has 54 valence electrons. The van der Waals surface area contributed by atoms with Crippen LogP contribution in [-0.2, 0) is 14.3 Å². The number of ketones is 1. The summed E-state index contributed by atoms with van der Waals surface area (Å²) in [7, 11) is 0. The Kier molecular flexibility index (Phi) is 1.82. The fourth-order valence-corrected chi connectivity index (χ4v) is 0.679. The molecule has 1 aliphatic rings. The van der Waals surface area contributed by atoms with Gasteiger partial charge in [-0.15, -0.1) is 0 Å². The van der Waals surface area contributed by atoms with Crippen LogP contribution in [0.4, 0.5) is 0 Å². The lowest BCUT2D eigenvalue weighted by Gasteiger charge is -2.11. The number of hydrogen-bond acceptors (Lipinski definition) is 3. The zero-order chi connectivity index (χ0) is 7.56. The van der Waals surface area contributed by atoms with E-state index in [1.54, 1.807) is 0 Å². The quantitative estimate of drug-likeness (QED) is 0.506. The lowest BCUT2D eigenvalue weighted by Crippen LogP contribution is -2.33. The molecule has 4 nitrogen and oxygen atoms in total. The van der Waals surface area contributed by atoms with Gasteiger partial charge in [-0.1, -0.05) is 6.08 Å². The number of ether oxygens (including phenoxy) is 1. The summed E-state index contributed by atoms with van der Waals surface area (Å²) in [5.41, 5.74) is 0. The maximum atomic E-state index is 10.6. The third-order valence-electron chi connectivity index (χ3n) is 1.12. The van der Waals surface area contributed by atoms with Crippen LogP contribution in [0.1, 0.15) is 0 Å². The normalized spacial score (nSPS) is 24.8. The van der Waals surface area contributed by atoms with E-state index in [9.17, 15) is 9.59 Å². The molecule has 0 bridgehead atoms. The van der Waals surface area contributed by atoms with Crippen molar-refractivity contribution in [3.05, 3.63) is 12.2 Å². The maximum absolute atomic E-state index is 10.6. The van der Waals surface area contributed by atoms with Crippen LogP contribution >= 0.6 is 0 Å². The monoisotopic (exact) mass is 142 g/mol. The van der Waals surface area contributed by atoms with Crippen molar-refractivity contribution in [2.45, 2.75) is 6.10 Å². The molecular formula is C6H6O4. The van der Waals surface area contributed by atoms with E-state index >= 15 is 0 Å². The van der Waals surface area contributed by atoms with Crippen molar-refractivity contribution in [1.29, 1.82) is 0 Å². The van der Waals surface area contributed by atoms with Crippen LogP contribution < -0.4 is 0 Å². The maximum Gasteiger partial charge on any atom is 0.341 e. The molecule has 1 atom stereocenters. The SMILES string of the molecule is O=C(O)C1OCC=CC1=O. The molecule has 0 aliphatic carbocycles. The zero-order valence-electron chi connectivity index (χ0n) is 5.11. The van der Waals surface area contributed by atoms with Gasteiger partial charge in [0.15, 0.2) is 5.78 Å². The highest BCUT2D eigenvalue weighted by molar-refractivity contribution is 6.07. The lowest BCUT2D eigenvalue weighted by atomic mass is 10.2. The lowest BCUT2D eigenvalue weighted by molar-refractivity contribution is -0.154. The minimum Gasteiger partial charge on any atom is -0.479 e. The molecule has 4 heteroatoms. The van der Waals surface area contributed by atoms with Crippen LogP contribution in [-0.4, -0.2) is 29.6 Å². The van der Waals surface area contributed by atoms with Crippen molar-refractivity contribution in [2.75, 3.05) is 6.61 Å². The van der Waals surface area contributed by atoms with E-state index in [0.717, 1.165) is 0 Å². The van der Waals surface area contributed by atoms with Gasteiger partial charge >= 0.3 is 5.97 Å². The molecular weight excluding hydrogens is 136 g/mol. The van der Waals surface area contributed by atoms with E-state index in [-0.39, 0.29) is 6.61 Å². The highest BCUT2D eigenvalue weighted by Crippen LogP contribution is 2.01. The highest BCUT2D eigenvalue weighted by Gasteiger charge is 2.26. The Hall–Kier alpha value is -1.16. The van der Waals surface area contributed by atoms with E-state index in [4.69, 9.17) is 5.11 Å². The first-order valence-electron chi connectivity index (χ1n) is 2.76. The van der Waals surface area contributed by atoms with Crippen molar-refractivity contribution >= 4 is 11.8 Å². The summed E-state index contributed by atoms with van der Waals surface area (Å²) in [5, 5.41) is 8.33. The summed E-state index contributed by atoms with van der Waals surface area (Å²) >= 11 is 0. The van der Waals surface area contributed by atoms with Gasteiger partial charge in [-0.25, -0.2) is 4.79 Å². The summed E-state index contributed by atoms with van der Waals surface area (Å²) in [6.07, 6.45) is 1.43. The molecule has 1 aliphatic heterocycles. The van der Waals surface area contributed by atoms with E-state index in [1.807, 2.05) is 0 Å². The van der Waals surface area contributed by atoms with Gasteiger partial charge in [0.25, 0.3) is 0 Å². The average molecular weight is 142 g/mol. The number of carboxylic acids is 1. The van der Waals surface area contributed by atoms with E-state index in [1.165, 1.54) is 12.2 Å². The van der Waals surface area contributed by atoms with Crippen LogP contribution in [0.15, 0.2) is 12.2 Å². The first kappa shape index (κ1) is 6.95. The molecule has 0 radical (unpaired) electrons. The molecule has 0 fully saturated rings. The number of carboxylic acid groups (broad SMARTS) is 1. The third kappa shape index (κ3) is 1.22. The van der Waals surface area contributed by atoms with Gasteiger partial charge in [-0.05, 0) is 6.08 Å². The first-order chi connectivity index (χ1) is 4.72. The Morgan fingerprint density at radius 1 is 1.80 bits per heavy atom. The van der Waals surface area contributed by atoms with Crippen LogP contribution in [0.5, 0.6) is 0 Å². The van der Waals surface area contributed by atoms with E-state index < -0.39 is 17.9 Å². The highest BCUT2D eigenvalue weighted by atomic mass is 16.5. The second-order valence-corrected chi connectivity index (χ2v) is 1.86. The third-order valence-corrected chi connectivity index (χ3v) is 1.12. The number of hydrogen-bond donors (Lipinski definition) is 1. The van der Waals surface area contributed by atoms with Crippen molar-refractivity contribution in [2.24, 2.45) is 0 Å². The molecule has 1 heterocycles. The number of aliphatic carboxylic acids is 1. The van der Waals surface area contributed by atoms with Crippen molar-refractivity contribution in [3.8, 4) is 0 Å². The van der Waals surface area contributed by atoms with Crippen molar-refractivity contribution in [1.82, 2.24) is 0 Å². The summed E-state index contributed by atoms with van der Waals surface area (Å²) in [5.74, 6) is -1.73. The fourth-order valence-electron chi connectivity index (χ4n) is 0.679. The van der Waals surface area contributed by atoms with Crippen LogP contribution in [0, 0.1) is 0 Å². The molecule has 0 aromatic heterocycles. The Morgan fingerprint density at radius 3 is 2.90 bits per heavy atom. The van der Waals surface area contributed by atoms with Crippen LogP contribution in [0.3, 0.4) is 0 Å². The Balaban J connectivity index is 2.70. The summed E-state index contributed by atoms with van der Waals surface area (Å²) in [4.78, 5) is 20.8. The molecule has 0 amide bonds. The minimum absolute atomic E-state index is 0.197. The topological polar surface area (TPSA) is 63.6 Å². The number of carbonyl (C=O) groups excluding carboxylic acids is 1. The molecule has 0 saturated heterocycles. The van der Waals surface area contributed by atoms with Gasteiger partial charge in [-0.2, -0.15) is 0 Å². The Morgan fingerprint density at radius 2 is 2.50 bits per heavy atom. The molecule has 0 aromatic rings. The van der Waals surface area contributed by atoms with Crippen LogP contribution in [0.2, 0.25) is 0 Å². The predicted octanol–water partition coefficient (Wildman–Crippen LogP) is -0.405. The molecule has 1 rings (SSSR count).